The van der Waals surface area contributed by atoms with Crippen LogP contribution in [0.5, 0.6) is 0 Å². The number of benzene rings is 1. The Morgan fingerprint density at radius 3 is 2.55 bits per heavy atom. The lowest BCUT2D eigenvalue weighted by Crippen LogP contribution is -2.42. The van der Waals surface area contributed by atoms with Gasteiger partial charge in [-0.3, -0.25) is 9.59 Å². The summed E-state index contributed by atoms with van der Waals surface area (Å²) in [6.45, 7) is 2.97. The molecule has 7 nitrogen and oxygen atoms in total. The highest BCUT2D eigenvalue weighted by Gasteiger charge is 2.32. The van der Waals surface area contributed by atoms with Crippen molar-refractivity contribution < 1.29 is 14.1 Å². The molecule has 2 fully saturated rings. The molecule has 1 aliphatic heterocycles. The number of likely N-dealkylation sites (tertiary alicyclic amines) is 1. The number of anilines is 1. The lowest BCUT2D eigenvalue weighted by Gasteiger charge is -2.34. The van der Waals surface area contributed by atoms with E-state index in [1.807, 2.05) is 29.2 Å². The molecular formula is C22H28N4O3. The van der Waals surface area contributed by atoms with E-state index in [9.17, 15) is 9.59 Å². The molecule has 0 unspecified atom stereocenters. The third-order valence-corrected chi connectivity index (χ3v) is 5.94. The van der Waals surface area contributed by atoms with Crippen molar-refractivity contribution in [3.8, 4) is 11.4 Å². The van der Waals surface area contributed by atoms with Crippen LogP contribution in [0.25, 0.3) is 11.4 Å². The zero-order chi connectivity index (χ0) is 20.2. The number of rotatable bonds is 4. The Balaban J connectivity index is 1.42. The van der Waals surface area contributed by atoms with Crippen molar-refractivity contribution in [3.05, 3.63) is 30.2 Å². The first-order valence-electron chi connectivity index (χ1n) is 10.6. The maximum Gasteiger partial charge on any atom is 0.231 e. The molecule has 1 aromatic carbocycles. The molecule has 1 aromatic heterocycles. The quantitative estimate of drug-likeness (QED) is 0.844. The fourth-order valence-corrected chi connectivity index (χ4v) is 4.41. The first-order chi connectivity index (χ1) is 14.1. The molecule has 1 atom stereocenters. The van der Waals surface area contributed by atoms with Crippen LogP contribution in [0.4, 0.5) is 5.69 Å². The van der Waals surface area contributed by atoms with E-state index in [0.717, 1.165) is 43.5 Å². The van der Waals surface area contributed by atoms with E-state index >= 15 is 0 Å². The first kappa shape index (κ1) is 19.6. The predicted octanol–water partition coefficient (Wildman–Crippen LogP) is 3.98. The van der Waals surface area contributed by atoms with Crippen molar-refractivity contribution >= 4 is 17.5 Å². The summed E-state index contributed by atoms with van der Waals surface area (Å²) in [5.74, 6) is 1.63. The molecular weight excluding hydrogens is 368 g/mol. The lowest BCUT2D eigenvalue weighted by atomic mass is 9.87. The normalized spacial score (nSPS) is 20.4. The van der Waals surface area contributed by atoms with Gasteiger partial charge in [0.25, 0.3) is 0 Å². The van der Waals surface area contributed by atoms with Gasteiger partial charge in [-0.1, -0.05) is 24.4 Å². The Morgan fingerprint density at radius 1 is 1.07 bits per heavy atom. The van der Waals surface area contributed by atoms with E-state index < -0.39 is 0 Å². The number of aromatic nitrogens is 2. The molecule has 1 saturated carbocycles. The summed E-state index contributed by atoms with van der Waals surface area (Å²) >= 11 is 0. The van der Waals surface area contributed by atoms with Crippen LogP contribution in [0, 0.1) is 5.92 Å². The Kier molecular flexibility index (Phi) is 5.92. The van der Waals surface area contributed by atoms with Gasteiger partial charge in [-0.2, -0.15) is 4.98 Å². The SMILES string of the molecule is CC(=O)Nc1ccc(-c2noc([C@H]3CCCN(C(=O)C4CCCCC4)C3)n2)cc1. The summed E-state index contributed by atoms with van der Waals surface area (Å²) in [6, 6.07) is 7.36. The summed E-state index contributed by atoms with van der Waals surface area (Å²) < 4.78 is 5.56. The number of nitrogens with zero attached hydrogens (tertiary/aromatic N) is 3. The molecule has 154 valence electrons. The summed E-state index contributed by atoms with van der Waals surface area (Å²) in [6.07, 6.45) is 7.56. The molecule has 4 rings (SSSR count). The number of amides is 2. The second-order valence-electron chi connectivity index (χ2n) is 8.17. The molecule has 1 saturated heterocycles. The third kappa shape index (κ3) is 4.66. The van der Waals surface area contributed by atoms with Gasteiger partial charge in [-0.15, -0.1) is 0 Å². The minimum absolute atomic E-state index is 0.0937. The van der Waals surface area contributed by atoms with Gasteiger partial charge in [0, 0.05) is 37.2 Å². The molecule has 1 N–H and O–H groups in total. The lowest BCUT2D eigenvalue weighted by molar-refractivity contribution is -0.137. The van der Waals surface area contributed by atoms with Crippen LogP contribution in [0.2, 0.25) is 0 Å². The number of hydrogen-bond donors (Lipinski definition) is 1. The molecule has 2 aliphatic rings. The second-order valence-corrected chi connectivity index (χ2v) is 8.17. The summed E-state index contributed by atoms with van der Waals surface area (Å²) in [5, 5.41) is 6.88. The van der Waals surface area contributed by atoms with E-state index in [1.54, 1.807) is 0 Å². The Hall–Kier alpha value is -2.70. The van der Waals surface area contributed by atoms with Crippen molar-refractivity contribution in [3.63, 3.8) is 0 Å². The van der Waals surface area contributed by atoms with Crippen molar-refractivity contribution in [2.75, 3.05) is 18.4 Å². The monoisotopic (exact) mass is 396 g/mol. The fourth-order valence-electron chi connectivity index (χ4n) is 4.41. The zero-order valence-corrected chi connectivity index (χ0v) is 16.9. The van der Waals surface area contributed by atoms with E-state index in [2.05, 4.69) is 15.5 Å². The van der Waals surface area contributed by atoms with Gasteiger partial charge in [0.15, 0.2) is 0 Å². The molecule has 0 bridgehead atoms. The van der Waals surface area contributed by atoms with Gasteiger partial charge in [0.2, 0.25) is 23.5 Å². The van der Waals surface area contributed by atoms with Crippen LogP contribution in [-0.2, 0) is 9.59 Å². The number of hydrogen-bond acceptors (Lipinski definition) is 5. The molecule has 2 amide bonds. The highest BCUT2D eigenvalue weighted by molar-refractivity contribution is 5.88. The van der Waals surface area contributed by atoms with Crippen LogP contribution in [-0.4, -0.2) is 39.9 Å². The molecule has 2 aromatic rings. The van der Waals surface area contributed by atoms with Gasteiger partial charge in [-0.05, 0) is 49.9 Å². The molecule has 2 heterocycles. The summed E-state index contributed by atoms with van der Waals surface area (Å²) in [5.41, 5.74) is 1.56. The number of carbonyl (C=O) groups excluding carboxylic acids is 2. The Labute approximate surface area is 170 Å². The van der Waals surface area contributed by atoms with E-state index in [-0.39, 0.29) is 17.7 Å². The fraction of sp³-hybridized carbons (Fsp3) is 0.545. The third-order valence-electron chi connectivity index (χ3n) is 5.94. The van der Waals surface area contributed by atoms with Crippen molar-refractivity contribution in [2.45, 2.75) is 57.8 Å². The minimum atomic E-state index is -0.107. The highest BCUT2D eigenvalue weighted by Crippen LogP contribution is 2.31. The maximum atomic E-state index is 12.9. The van der Waals surface area contributed by atoms with Crippen molar-refractivity contribution in [1.29, 1.82) is 0 Å². The molecule has 0 radical (unpaired) electrons. The number of piperidine rings is 1. The standard InChI is InChI=1S/C22H28N4O3/c1-15(27)23-19-11-9-16(10-12-19)20-24-21(29-25-20)18-8-5-13-26(14-18)22(28)17-6-3-2-4-7-17/h9-12,17-18H,2-8,13-14H2,1H3,(H,23,27)/t18-/m0/s1. The van der Waals surface area contributed by atoms with Crippen LogP contribution in [0.3, 0.4) is 0 Å². The number of carbonyl (C=O) groups is 2. The van der Waals surface area contributed by atoms with Gasteiger partial charge in [0.05, 0.1) is 5.92 Å². The Morgan fingerprint density at radius 2 is 1.83 bits per heavy atom. The van der Waals surface area contributed by atoms with Crippen molar-refractivity contribution in [2.24, 2.45) is 5.92 Å². The number of nitrogens with one attached hydrogen (secondary N) is 1. The highest BCUT2D eigenvalue weighted by atomic mass is 16.5. The smallest absolute Gasteiger partial charge is 0.231 e. The average Bonchev–Trinajstić information content (AvgIpc) is 3.24. The average molecular weight is 396 g/mol. The molecule has 0 spiro atoms. The van der Waals surface area contributed by atoms with Crippen molar-refractivity contribution in [1.82, 2.24) is 15.0 Å². The summed E-state index contributed by atoms with van der Waals surface area (Å²) in [4.78, 5) is 30.6. The van der Waals surface area contributed by atoms with Gasteiger partial charge < -0.3 is 14.7 Å². The summed E-state index contributed by atoms with van der Waals surface area (Å²) in [7, 11) is 0. The van der Waals surface area contributed by atoms with E-state index in [0.29, 0.717) is 24.2 Å². The van der Waals surface area contributed by atoms with E-state index in [4.69, 9.17) is 4.52 Å². The molecule has 1 aliphatic carbocycles. The van der Waals surface area contributed by atoms with Crippen LogP contribution in [0.15, 0.2) is 28.8 Å². The van der Waals surface area contributed by atoms with E-state index in [1.165, 1.54) is 26.2 Å². The van der Waals surface area contributed by atoms with Gasteiger partial charge >= 0.3 is 0 Å². The largest absolute Gasteiger partial charge is 0.342 e. The van der Waals surface area contributed by atoms with Gasteiger partial charge in [-0.25, -0.2) is 0 Å². The second kappa shape index (κ2) is 8.76. The topological polar surface area (TPSA) is 88.3 Å². The minimum Gasteiger partial charge on any atom is -0.342 e. The maximum absolute atomic E-state index is 12.9. The first-order valence-corrected chi connectivity index (χ1v) is 10.6. The molecule has 7 heteroatoms. The van der Waals surface area contributed by atoms with Crippen LogP contribution < -0.4 is 5.32 Å². The van der Waals surface area contributed by atoms with Gasteiger partial charge in [0.1, 0.15) is 0 Å². The molecule has 29 heavy (non-hydrogen) atoms. The predicted molar refractivity (Wildman–Crippen MR) is 109 cm³/mol. The van der Waals surface area contributed by atoms with Crippen LogP contribution >= 0.6 is 0 Å². The Bertz CT molecular complexity index is 855. The van der Waals surface area contributed by atoms with Crippen LogP contribution in [0.1, 0.15) is 63.7 Å². The zero-order valence-electron chi connectivity index (χ0n) is 16.9.